The van der Waals surface area contributed by atoms with Gasteiger partial charge >= 0.3 is 0 Å². The molecule has 162 valence electrons. The summed E-state index contributed by atoms with van der Waals surface area (Å²) in [5, 5.41) is 6.92. The van der Waals surface area contributed by atoms with E-state index < -0.39 is 0 Å². The molecule has 1 saturated carbocycles. The third-order valence-corrected chi connectivity index (χ3v) is 6.02. The van der Waals surface area contributed by atoms with Crippen molar-refractivity contribution < 1.29 is 14.2 Å². The van der Waals surface area contributed by atoms with Crippen molar-refractivity contribution in [3.63, 3.8) is 0 Å². The number of aliphatic imine (C=N–C) groups is 1. The lowest BCUT2D eigenvalue weighted by atomic mass is 9.96. The molecule has 1 aromatic carbocycles. The fourth-order valence-corrected chi connectivity index (χ4v) is 4.55. The number of guanidine groups is 1. The van der Waals surface area contributed by atoms with Gasteiger partial charge in [-0.2, -0.15) is 0 Å². The topological polar surface area (TPSA) is 64.1 Å². The third-order valence-electron chi connectivity index (χ3n) is 6.02. The third kappa shape index (κ3) is 5.69. The molecule has 3 fully saturated rings. The molecule has 2 bridgehead atoms. The van der Waals surface area contributed by atoms with Crippen LogP contribution in [0.25, 0.3) is 0 Å². The molecule has 29 heavy (non-hydrogen) atoms. The molecule has 6 nitrogen and oxygen atoms in total. The molecule has 1 aromatic rings. The summed E-state index contributed by atoms with van der Waals surface area (Å²) in [6, 6.07) is 6.51. The van der Waals surface area contributed by atoms with Crippen LogP contribution in [0.3, 0.4) is 0 Å². The molecule has 2 N–H and O–H groups in total. The minimum Gasteiger partial charge on any atom is -0.493 e. The second kappa shape index (κ2) is 10.7. The van der Waals surface area contributed by atoms with E-state index in [4.69, 9.17) is 19.2 Å². The normalized spacial score (nSPS) is 26.3. The Labute approximate surface area is 191 Å². The summed E-state index contributed by atoms with van der Waals surface area (Å²) in [4.78, 5) is 4.78. The van der Waals surface area contributed by atoms with Crippen LogP contribution in [0.4, 0.5) is 0 Å². The number of nitrogens with zero attached hydrogens (tertiary/aromatic N) is 1. The van der Waals surface area contributed by atoms with E-state index in [1.807, 2.05) is 12.1 Å². The number of ether oxygens (including phenoxy) is 3. The summed E-state index contributed by atoms with van der Waals surface area (Å²) >= 11 is 0. The second-order valence-corrected chi connectivity index (χ2v) is 8.07. The maximum absolute atomic E-state index is 6.13. The number of nitrogens with one attached hydrogen (secondary N) is 2. The van der Waals surface area contributed by atoms with E-state index in [0.29, 0.717) is 30.9 Å². The fraction of sp³-hybridized carbons (Fsp3) is 0.682. The average molecular weight is 515 g/mol. The van der Waals surface area contributed by atoms with E-state index in [2.05, 4.69) is 23.6 Å². The van der Waals surface area contributed by atoms with Gasteiger partial charge in [-0.15, -0.1) is 24.0 Å². The van der Waals surface area contributed by atoms with Crippen molar-refractivity contribution in [1.29, 1.82) is 0 Å². The molecule has 2 saturated heterocycles. The quantitative estimate of drug-likeness (QED) is 0.327. The Hall–Kier alpha value is -1.22. The van der Waals surface area contributed by atoms with Crippen molar-refractivity contribution in [3.8, 4) is 11.5 Å². The van der Waals surface area contributed by atoms with Crippen LogP contribution in [0.5, 0.6) is 11.5 Å². The van der Waals surface area contributed by atoms with Crippen molar-refractivity contribution in [1.82, 2.24) is 10.6 Å². The Kier molecular flexibility index (Phi) is 8.29. The molecule has 3 atom stereocenters. The number of halogens is 1. The summed E-state index contributed by atoms with van der Waals surface area (Å²) in [6.07, 6.45) is 9.32. The van der Waals surface area contributed by atoms with Gasteiger partial charge in [-0.25, -0.2) is 4.99 Å². The smallest absolute Gasteiger partial charge is 0.191 e. The Morgan fingerprint density at radius 3 is 2.66 bits per heavy atom. The van der Waals surface area contributed by atoms with E-state index in [1.165, 1.54) is 19.3 Å². The first-order chi connectivity index (χ1) is 13.7. The molecule has 2 aliphatic heterocycles. The number of benzene rings is 1. The van der Waals surface area contributed by atoms with Crippen molar-refractivity contribution >= 4 is 29.9 Å². The zero-order valence-electron chi connectivity index (χ0n) is 17.5. The van der Waals surface area contributed by atoms with Crippen LogP contribution in [0.15, 0.2) is 23.2 Å². The van der Waals surface area contributed by atoms with Crippen LogP contribution in [-0.4, -0.2) is 44.0 Å². The zero-order valence-corrected chi connectivity index (χ0v) is 19.8. The SMILES string of the molecule is CCNC(=NCc1ccc(OC2CCCC2)c(OC)c1)NC1CC2CCC1O2.I. The van der Waals surface area contributed by atoms with Gasteiger partial charge < -0.3 is 24.8 Å². The predicted octanol–water partition coefficient (Wildman–Crippen LogP) is 4.01. The first-order valence-electron chi connectivity index (χ1n) is 10.8. The summed E-state index contributed by atoms with van der Waals surface area (Å²) in [6.45, 7) is 3.52. The van der Waals surface area contributed by atoms with Crippen molar-refractivity contribution in [2.75, 3.05) is 13.7 Å². The molecule has 2 heterocycles. The van der Waals surface area contributed by atoms with Gasteiger partial charge in [0.25, 0.3) is 0 Å². The lowest BCUT2D eigenvalue weighted by Crippen LogP contribution is -2.47. The molecule has 7 heteroatoms. The molecule has 0 spiro atoms. The van der Waals surface area contributed by atoms with Crippen molar-refractivity contribution in [2.24, 2.45) is 4.99 Å². The number of fused-ring (bicyclic) bond motifs is 2. The number of hydrogen-bond donors (Lipinski definition) is 2. The van der Waals surface area contributed by atoms with E-state index in [1.54, 1.807) is 7.11 Å². The molecule has 4 rings (SSSR count). The molecule has 3 aliphatic rings. The highest BCUT2D eigenvalue weighted by Crippen LogP contribution is 2.34. The number of hydrogen-bond acceptors (Lipinski definition) is 4. The highest BCUT2D eigenvalue weighted by molar-refractivity contribution is 14.0. The van der Waals surface area contributed by atoms with Crippen molar-refractivity contribution in [3.05, 3.63) is 23.8 Å². The molecule has 1 aliphatic carbocycles. The number of methoxy groups -OCH3 is 1. The van der Waals surface area contributed by atoms with Gasteiger partial charge in [0.05, 0.1) is 38.0 Å². The minimum atomic E-state index is 0. The summed E-state index contributed by atoms with van der Waals surface area (Å²) in [7, 11) is 1.70. The lowest BCUT2D eigenvalue weighted by Gasteiger charge is -2.22. The minimum absolute atomic E-state index is 0. The molecular formula is C22H34IN3O3. The maximum atomic E-state index is 6.13. The largest absolute Gasteiger partial charge is 0.493 e. The van der Waals surface area contributed by atoms with E-state index in [0.717, 1.165) is 55.3 Å². The first-order valence-corrected chi connectivity index (χ1v) is 10.8. The predicted molar refractivity (Wildman–Crippen MR) is 126 cm³/mol. The van der Waals surface area contributed by atoms with Crippen LogP contribution in [0.1, 0.15) is 57.4 Å². The van der Waals surface area contributed by atoms with E-state index in [9.17, 15) is 0 Å². The van der Waals surface area contributed by atoms with Gasteiger partial charge in [0, 0.05) is 6.54 Å². The van der Waals surface area contributed by atoms with Gasteiger partial charge in [0.2, 0.25) is 0 Å². The van der Waals surface area contributed by atoms with E-state index in [-0.39, 0.29) is 24.0 Å². The molecular weight excluding hydrogens is 481 g/mol. The van der Waals surface area contributed by atoms with Gasteiger partial charge in [0.1, 0.15) is 0 Å². The van der Waals surface area contributed by atoms with Crippen LogP contribution in [0.2, 0.25) is 0 Å². The van der Waals surface area contributed by atoms with Crippen molar-refractivity contribution in [2.45, 2.75) is 82.8 Å². The highest BCUT2D eigenvalue weighted by Gasteiger charge is 2.41. The average Bonchev–Trinajstić information content (AvgIpc) is 3.46. The number of rotatable bonds is 7. The fourth-order valence-electron chi connectivity index (χ4n) is 4.55. The Balaban J connectivity index is 0.00000240. The highest BCUT2D eigenvalue weighted by atomic mass is 127. The summed E-state index contributed by atoms with van der Waals surface area (Å²) in [5.74, 6) is 2.49. The Morgan fingerprint density at radius 1 is 1.17 bits per heavy atom. The standard InChI is InChI=1S/C22H33N3O3.HI/c1-3-23-22(25-18-13-17-9-11-19(18)28-17)24-14-15-8-10-20(21(12-15)26-2)27-16-6-4-5-7-16;/h8,10,12,16-19H,3-7,9,11,13-14H2,1-2H3,(H2,23,24,25);1H. The first kappa shape index (κ1) is 22.5. The molecule has 0 radical (unpaired) electrons. The maximum Gasteiger partial charge on any atom is 0.191 e. The Bertz CT molecular complexity index is 694. The van der Waals surface area contributed by atoms with Crippen LogP contribution >= 0.6 is 24.0 Å². The monoisotopic (exact) mass is 515 g/mol. The molecule has 3 unspecified atom stereocenters. The zero-order chi connectivity index (χ0) is 19.3. The van der Waals surface area contributed by atoms with Crippen LogP contribution in [0, 0.1) is 0 Å². The van der Waals surface area contributed by atoms with Gasteiger partial charge in [0.15, 0.2) is 17.5 Å². The molecule has 0 aromatic heterocycles. The summed E-state index contributed by atoms with van der Waals surface area (Å²) in [5.41, 5.74) is 1.11. The second-order valence-electron chi connectivity index (χ2n) is 8.07. The van der Waals surface area contributed by atoms with E-state index >= 15 is 0 Å². The Morgan fingerprint density at radius 2 is 2.00 bits per heavy atom. The van der Waals surface area contributed by atoms with Gasteiger partial charge in [-0.3, -0.25) is 0 Å². The van der Waals surface area contributed by atoms with Crippen LogP contribution in [-0.2, 0) is 11.3 Å². The van der Waals surface area contributed by atoms with Crippen LogP contribution < -0.4 is 20.1 Å². The lowest BCUT2D eigenvalue weighted by molar-refractivity contribution is 0.0992. The summed E-state index contributed by atoms with van der Waals surface area (Å²) < 4.78 is 17.7. The van der Waals surface area contributed by atoms with Gasteiger partial charge in [-0.05, 0) is 69.6 Å². The van der Waals surface area contributed by atoms with Gasteiger partial charge in [-0.1, -0.05) is 6.07 Å². The molecule has 0 amide bonds.